The summed E-state index contributed by atoms with van der Waals surface area (Å²) in [6.07, 6.45) is 0. The van der Waals surface area contributed by atoms with Crippen molar-refractivity contribution in [2.75, 3.05) is 13.6 Å². The molecule has 2 N–H and O–H groups in total. The Morgan fingerprint density at radius 2 is 2.40 bits per heavy atom. The number of nitrogens with zero attached hydrogens (tertiary/aromatic N) is 2. The molecule has 0 fully saturated rings. The number of nitrogens with two attached hydrogens (primary N) is 1. The van der Waals surface area contributed by atoms with Crippen molar-refractivity contribution < 1.29 is 4.79 Å². The van der Waals surface area contributed by atoms with Gasteiger partial charge in [-0.25, -0.2) is 0 Å². The molecule has 10 heavy (non-hydrogen) atoms. The number of carbonyl (C=O) groups is 1. The minimum Gasteiger partial charge on any atom is -0.331 e. The molecule has 0 aliphatic rings. The number of nitriles is 1. The van der Waals surface area contributed by atoms with Crippen molar-refractivity contribution >= 4 is 5.91 Å². The average molecular weight is 141 g/mol. The lowest BCUT2D eigenvalue weighted by Gasteiger charge is -2.14. The third-order valence-corrected chi connectivity index (χ3v) is 1.07. The molecule has 0 saturated heterocycles. The Morgan fingerprint density at radius 3 is 2.70 bits per heavy atom. The highest BCUT2D eigenvalue weighted by Crippen LogP contribution is 1.86. The maximum atomic E-state index is 10.9. The minimum atomic E-state index is -0.515. The molecule has 0 aromatic heterocycles. The van der Waals surface area contributed by atoms with Crippen LogP contribution in [0.25, 0.3) is 0 Å². The number of hydrogen-bond acceptors (Lipinski definition) is 3. The molecule has 0 bridgehead atoms. The van der Waals surface area contributed by atoms with E-state index in [1.165, 1.54) is 4.90 Å². The lowest BCUT2D eigenvalue weighted by Crippen LogP contribution is -2.39. The smallest absolute Gasteiger partial charge is 0.239 e. The number of rotatable bonds is 2. The second-order valence-corrected chi connectivity index (χ2v) is 2.14. The van der Waals surface area contributed by atoms with E-state index in [1.54, 1.807) is 14.0 Å². The van der Waals surface area contributed by atoms with Gasteiger partial charge in [0.15, 0.2) is 0 Å². The normalized spacial score (nSPS) is 11.8. The summed E-state index contributed by atoms with van der Waals surface area (Å²) in [4.78, 5) is 12.2. The van der Waals surface area contributed by atoms with Crippen LogP contribution in [0.1, 0.15) is 6.92 Å². The SMILES string of the molecule is C[C@@H](N)C(=O)N(C)CC#N. The second kappa shape index (κ2) is 3.85. The standard InChI is InChI=1S/C6H11N3O/c1-5(8)6(10)9(2)4-3-7/h5H,4,8H2,1-2H3/t5-/m1/s1. The molecule has 1 amide bonds. The predicted octanol–water partition coefficient (Wildman–Crippen LogP) is -0.684. The van der Waals surface area contributed by atoms with E-state index in [1.807, 2.05) is 6.07 Å². The molecule has 4 heteroatoms. The molecule has 4 nitrogen and oxygen atoms in total. The molecule has 0 aliphatic heterocycles. The van der Waals surface area contributed by atoms with Gasteiger partial charge in [0, 0.05) is 7.05 Å². The van der Waals surface area contributed by atoms with Gasteiger partial charge < -0.3 is 10.6 Å². The van der Waals surface area contributed by atoms with Gasteiger partial charge in [-0.1, -0.05) is 0 Å². The number of amides is 1. The Labute approximate surface area is 60.2 Å². The van der Waals surface area contributed by atoms with Gasteiger partial charge in [-0.05, 0) is 6.92 Å². The Bertz CT molecular complexity index is 159. The molecular formula is C6H11N3O. The zero-order valence-electron chi connectivity index (χ0n) is 6.16. The number of likely N-dealkylation sites (N-methyl/N-ethyl adjacent to an activating group) is 1. The van der Waals surface area contributed by atoms with Crippen LogP contribution in [0.3, 0.4) is 0 Å². The second-order valence-electron chi connectivity index (χ2n) is 2.14. The van der Waals surface area contributed by atoms with Crippen LogP contribution < -0.4 is 5.73 Å². The van der Waals surface area contributed by atoms with Crippen molar-refractivity contribution in [2.24, 2.45) is 5.73 Å². The third-order valence-electron chi connectivity index (χ3n) is 1.07. The molecule has 0 aromatic carbocycles. The third kappa shape index (κ3) is 2.46. The quantitative estimate of drug-likeness (QED) is 0.518. The Hall–Kier alpha value is -1.08. The van der Waals surface area contributed by atoms with Crippen molar-refractivity contribution in [3.63, 3.8) is 0 Å². The van der Waals surface area contributed by atoms with E-state index in [2.05, 4.69) is 0 Å². The molecule has 0 aliphatic carbocycles. The molecule has 0 aromatic rings. The first kappa shape index (κ1) is 8.92. The van der Waals surface area contributed by atoms with Gasteiger partial charge in [-0.2, -0.15) is 5.26 Å². The van der Waals surface area contributed by atoms with Gasteiger partial charge in [-0.15, -0.1) is 0 Å². The molecule has 56 valence electrons. The summed E-state index contributed by atoms with van der Waals surface area (Å²) in [5.41, 5.74) is 5.27. The van der Waals surface area contributed by atoms with Crippen molar-refractivity contribution in [1.29, 1.82) is 5.26 Å². The van der Waals surface area contributed by atoms with Crippen LogP contribution in [0.5, 0.6) is 0 Å². The van der Waals surface area contributed by atoms with Gasteiger partial charge in [0.05, 0.1) is 12.1 Å². The highest BCUT2D eigenvalue weighted by Gasteiger charge is 2.11. The van der Waals surface area contributed by atoms with Crippen LogP contribution in [0.4, 0.5) is 0 Å². The van der Waals surface area contributed by atoms with E-state index in [4.69, 9.17) is 11.0 Å². The molecular weight excluding hydrogens is 130 g/mol. The Balaban J connectivity index is 3.85. The van der Waals surface area contributed by atoms with E-state index in [-0.39, 0.29) is 12.5 Å². The summed E-state index contributed by atoms with van der Waals surface area (Å²) in [6.45, 7) is 1.69. The first-order chi connectivity index (χ1) is 4.59. The van der Waals surface area contributed by atoms with Crippen LogP contribution in [-0.2, 0) is 4.79 Å². The number of hydrogen-bond donors (Lipinski definition) is 1. The van der Waals surface area contributed by atoms with Gasteiger partial charge >= 0.3 is 0 Å². The maximum Gasteiger partial charge on any atom is 0.239 e. The first-order valence-corrected chi connectivity index (χ1v) is 2.97. The van der Waals surface area contributed by atoms with Crippen LogP contribution in [0.2, 0.25) is 0 Å². The van der Waals surface area contributed by atoms with Crippen molar-refractivity contribution in [3.8, 4) is 6.07 Å². The average Bonchev–Trinajstić information content (AvgIpc) is 1.87. The summed E-state index contributed by atoms with van der Waals surface area (Å²) >= 11 is 0. The van der Waals surface area contributed by atoms with E-state index in [0.29, 0.717) is 0 Å². The molecule has 0 heterocycles. The van der Waals surface area contributed by atoms with E-state index >= 15 is 0 Å². The highest BCUT2D eigenvalue weighted by atomic mass is 16.2. The molecule has 0 radical (unpaired) electrons. The number of carbonyl (C=O) groups excluding carboxylic acids is 1. The molecule has 1 atom stereocenters. The predicted molar refractivity (Wildman–Crippen MR) is 36.9 cm³/mol. The monoisotopic (exact) mass is 141 g/mol. The maximum absolute atomic E-state index is 10.9. The zero-order chi connectivity index (χ0) is 8.15. The minimum absolute atomic E-state index is 0.0976. The summed E-state index contributed by atoms with van der Waals surface area (Å²) in [6, 6.07) is 1.34. The molecule has 0 rings (SSSR count). The van der Waals surface area contributed by atoms with Gasteiger partial charge in [0.25, 0.3) is 0 Å². The fourth-order valence-corrected chi connectivity index (χ4v) is 0.532. The molecule has 0 saturated carbocycles. The van der Waals surface area contributed by atoms with Crippen molar-refractivity contribution in [2.45, 2.75) is 13.0 Å². The Kier molecular flexibility index (Phi) is 3.44. The van der Waals surface area contributed by atoms with Crippen molar-refractivity contribution in [1.82, 2.24) is 4.90 Å². The van der Waals surface area contributed by atoms with Crippen LogP contribution >= 0.6 is 0 Å². The lowest BCUT2D eigenvalue weighted by atomic mass is 10.3. The largest absolute Gasteiger partial charge is 0.331 e. The fourth-order valence-electron chi connectivity index (χ4n) is 0.532. The van der Waals surface area contributed by atoms with E-state index in [9.17, 15) is 4.79 Å². The van der Waals surface area contributed by atoms with E-state index in [0.717, 1.165) is 0 Å². The van der Waals surface area contributed by atoms with Gasteiger partial charge in [0.1, 0.15) is 6.54 Å². The summed E-state index contributed by atoms with van der Waals surface area (Å²) in [5.74, 6) is -0.207. The Morgan fingerprint density at radius 1 is 1.90 bits per heavy atom. The highest BCUT2D eigenvalue weighted by molar-refractivity contribution is 5.81. The molecule has 0 unspecified atom stereocenters. The first-order valence-electron chi connectivity index (χ1n) is 2.97. The summed E-state index contributed by atoms with van der Waals surface area (Å²) in [7, 11) is 1.55. The summed E-state index contributed by atoms with van der Waals surface area (Å²) in [5, 5.41) is 8.18. The summed E-state index contributed by atoms with van der Waals surface area (Å²) < 4.78 is 0. The topological polar surface area (TPSA) is 70.1 Å². The van der Waals surface area contributed by atoms with Gasteiger partial charge in [0.2, 0.25) is 5.91 Å². The lowest BCUT2D eigenvalue weighted by molar-refractivity contribution is -0.130. The van der Waals surface area contributed by atoms with Gasteiger partial charge in [-0.3, -0.25) is 4.79 Å². The molecule has 0 spiro atoms. The van der Waals surface area contributed by atoms with Crippen LogP contribution in [-0.4, -0.2) is 30.4 Å². The van der Waals surface area contributed by atoms with Crippen LogP contribution in [0.15, 0.2) is 0 Å². The van der Waals surface area contributed by atoms with Crippen molar-refractivity contribution in [3.05, 3.63) is 0 Å². The van der Waals surface area contributed by atoms with Crippen LogP contribution in [0, 0.1) is 11.3 Å². The zero-order valence-corrected chi connectivity index (χ0v) is 6.16. The fraction of sp³-hybridized carbons (Fsp3) is 0.667. The van der Waals surface area contributed by atoms with E-state index < -0.39 is 6.04 Å².